The number of carbonyl (C=O) groups excluding carboxylic acids is 2. The van der Waals surface area contributed by atoms with E-state index in [0.29, 0.717) is 25.8 Å². The Morgan fingerprint density at radius 1 is 0.807 bits per heavy atom. The standard InChI is InChI=1S/C30H37F7N4O16/c1-8-13(21(46)23(48)17(31)18(8)43)12-7-11(41(28(52,53)24(49)50)30(56,57)29(54,55)38-10(3)42)5-6-40(12)25(51)39(4)9(2)14-19(44)15(26(32,33)34)22(47)16(20(14)45)27(35,36)37/h9,11-12,24,43-50,52-57H,5-7H2,1-4H3,(H,38,42). The SMILES string of the molecule is CC(=O)NC(O)(O)C(O)(O)N(C1CCN(C(=O)N(C)C(C)c2c(O)c(C(F)(F)F)c(O)c(C(F)(F)F)c2O)C(c2c(C)c(O)c(F)c(O)c2O)C1)C(O)(O)C(O)O. The van der Waals surface area contributed by atoms with Crippen LogP contribution in [-0.4, -0.2) is 142 Å². The highest BCUT2D eigenvalue weighted by Gasteiger charge is 2.64. The Morgan fingerprint density at radius 2 is 1.28 bits per heavy atom. The van der Waals surface area contributed by atoms with Crippen molar-refractivity contribution < 1.29 is 112 Å². The number of nitrogens with one attached hydrogen (secondary N) is 1. The second kappa shape index (κ2) is 15.1. The van der Waals surface area contributed by atoms with Gasteiger partial charge in [-0.1, -0.05) is 0 Å². The number of benzene rings is 2. The molecule has 3 amide bonds. The summed E-state index contributed by atoms with van der Waals surface area (Å²) < 4.78 is 97.8. The van der Waals surface area contributed by atoms with Crippen molar-refractivity contribution in [2.75, 3.05) is 13.6 Å². The normalized spacial score (nSPS) is 17.9. The number of phenols is 6. The van der Waals surface area contributed by atoms with E-state index < -0.39 is 159 Å². The number of phenolic OH excluding ortho intramolecular Hbond substituents is 6. The van der Waals surface area contributed by atoms with E-state index in [-0.39, 0.29) is 4.90 Å². The Morgan fingerprint density at radius 3 is 1.70 bits per heavy atom. The van der Waals surface area contributed by atoms with Crippen molar-refractivity contribution in [3.05, 3.63) is 33.6 Å². The number of halogens is 7. The number of likely N-dealkylation sites (tertiary alicyclic amines) is 1. The summed E-state index contributed by atoms with van der Waals surface area (Å²) in [6, 6.07) is -8.19. The lowest BCUT2D eigenvalue weighted by molar-refractivity contribution is -0.498. The third-order valence-corrected chi connectivity index (χ3v) is 9.35. The van der Waals surface area contributed by atoms with E-state index in [9.17, 15) is 112 Å². The summed E-state index contributed by atoms with van der Waals surface area (Å²) in [5.74, 6) is -28.2. The van der Waals surface area contributed by atoms with Crippen LogP contribution < -0.4 is 5.32 Å². The molecular formula is C30H37F7N4O16. The first kappa shape index (κ1) is 46.5. The van der Waals surface area contributed by atoms with Gasteiger partial charge in [0.2, 0.25) is 18.0 Å². The first-order valence-corrected chi connectivity index (χ1v) is 15.8. The summed E-state index contributed by atoms with van der Waals surface area (Å²) in [7, 11) is 0.668. The molecule has 3 unspecified atom stereocenters. The number of alkyl halides is 6. The van der Waals surface area contributed by atoms with Crippen LogP contribution in [0.2, 0.25) is 0 Å². The second-order valence-electron chi connectivity index (χ2n) is 13.0. The Kier molecular flexibility index (Phi) is 12.4. The van der Waals surface area contributed by atoms with Gasteiger partial charge in [0.05, 0.1) is 17.6 Å². The fraction of sp³-hybridized carbons (Fsp3) is 0.533. The van der Waals surface area contributed by atoms with Gasteiger partial charge in [0.1, 0.15) is 28.4 Å². The molecule has 57 heavy (non-hydrogen) atoms. The zero-order valence-electron chi connectivity index (χ0n) is 29.5. The molecule has 3 rings (SSSR count). The van der Waals surface area contributed by atoms with Crippen LogP contribution >= 0.6 is 0 Å². The maximum atomic E-state index is 14.6. The minimum absolute atomic E-state index is 0.262. The van der Waals surface area contributed by atoms with Gasteiger partial charge in [0.15, 0.2) is 17.2 Å². The van der Waals surface area contributed by atoms with Crippen LogP contribution in [-0.2, 0) is 17.1 Å². The first-order chi connectivity index (χ1) is 25.6. The number of hydrogen-bond acceptors (Lipinski definition) is 17. The average molecular weight is 843 g/mol. The lowest BCUT2D eigenvalue weighted by Gasteiger charge is -2.53. The lowest BCUT2D eigenvalue weighted by atomic mass is 9.86. The van der Waals surface area contributed by atoms with Gasteiger partial charge in [-0.25, -0.2) is 4.79 Å². The largest absolute Gasteiger partial charge is 0.507 e. The molecule has 0 radical (unpaired) electrons. The van der Waals surface area contributed by atoms with Gasteiger partial charge < -0.3 is 81.3 Å². The second-order valence-corrected chi connectivity index (χ2v) is 13.0. The van der Waals surface area contributed by atoms with Gasteiger partial charge in [-0.05, 0) is 26.7 Å². The van der Waals surface area contributed by atoms with Gasteiger partial charge in [-0.15, -0.1) is 0 Å². The van der Waals surface area contributed by atoms with Gasteiger partial charge in [-0.2, -0.15) is 35.6 Å². The summed E-state index contributed by atoms with van der Waals surface area (Å²) in [6.07, 6.45) is -17.5. The number of urea groups is 1. The fourth-order valence-corrected chi connectivity index (χ4v) is 6.50. The molecule has 2 aromatic rings. The third-order valence-electron chi connectivity index (χ3n) is 9.35. The van der Waals surface area contributed by atoms with Crippen molar-refractivity contribution in [2.24, 2.45) is 0 Å². The Hall–Kier alpha value is -4.87. The quantitative estimate of drug-likeness (QED) is 0.0648. The molecule has 0 saturated carbocycles. The molecule has 0 aliphatic carbocycles. The molecule has 3 atom stereocenters. The molecular weight excluding hydrogens is 805 g/mol. The number of carbonyl (C=O) groups is 2. The monoisotopic (exact) mass is 842 g/mol. The van der Waals surface area contributed by atoms with Gasteiger partial charge >= 0.3 is 30.2 Å². The number of piperidine rings is 1. The van der Waals surface area contributed by atoms with Crippen LogP contribution in [0.15, 0.2) is 0 Å². The lowest BCUT2D eigenvalue weighted by Crippen LogP contribution is -2.79. The number of hydrogen-bond donors (Lipinski definition) is 15. The highest BCUT2D eigenvalue weighted by atomic mass is 19.4. The summed E-state index contributed by atoms with van der Waals surface area (Å²) in [4.78, 5) is 25.9. The van der Waals surface area contributed by atoms with Crippen LogP contribution in [0.25, 0.3) is 0 Å². The molecule has 1 heterocycles. The number of rotatable bonds is 9. The predicted molar refractivity (Wildman–Crippen MR) is 167 cm³/mol. The van der Waals surface area contributed by atoms with Gasteiger partial charge in [-0.3, -0.25) is 10.1 Å². The molecule has 20 nitrogen and oxygen atoms in total. The minimum atomic E-state index is -5.91. The third kappa shape index (κ3) is 8.01. The molecule has 1 fully saturated rings. The molecule has 322 valence electrons. The van der Waals surface area contributed by atoms with Crippen molar-refractivity contribution in [3.8, 4) is 34.5 Å². The zero-order valence-corrected chi connectivity index (χ0v) is 29.5. The molecule has 15 N–H and O–H groups in total. The van der Waals surface area contributed by atoms with Crippen LogP contribution in [0.4, 0.5) is 35.5 Å². The number of aromatic hydroxyl groups is 6. The maximum Gasteiger partial charge on any atom is 0.423 e. The van der Waals surface area contributed by atoms with Crippen LogP contribution in [0.3, 0.4) is 0 Å². The molecule has 1 aliphatic rings. The topological polar surface area (TPSA) is 339 Å². The molecule has 0 spiro atoms. The van der Waals surface area contributed by atoms with E-state index in [1.165, 1.54) is 5.32 Å². The van der Waals surface area contributed by atoms with E-state index in [4.69, 9.17) is 0 Å². The molecule has 0 bridgehead atoms. The molecule has 2 aromatic carbocycles. The number of aliphatic hydroxyl groups excluding tert-OH is 1. The summed E-state index contributed by atoms with van der Waals surface area (Å²) in [6.45, 7) is 1.09. The number of amides is 3. The average Bonchev–Trinajstić information content (AvgIpc) is 3.03. The fourth-order valence-electron chi connectivity index (χ4n) is 6.50. The van der Waals surface area contributed by atoms with Crippen LogP contribution in [0, 0.1) is 12.7 Å². The Labute approximate surface area is 313 Å². The van der Waals surface area contributed by atoms with Crippen LogP contribution in [0.1, 0.15) is 66.6 Å². The van der Waals surface area contributed by atoms with Gasteiger partial charge in [0.25, 0.3) is 5.91 Å². The molecule has 1 saturated heterocycles. The van der Waals surface area contributed by atoms with Crippen molar-refractivity contribution in [3.63, 3.8) is 0 Å². The minimum Gasteiger partial charge on any atom is -0.507 e. The predicted octanol–water partition coefficient (Wildman–Crippen LogP) is -0.612. The van der Waals surface area contributed by atoms with E-state index in [0.717, 1.165) is 6.92 Å². The van der Waals surface area contributed by atoms with E-state index in [1.54, 1.807) is 0 Å². The summed E-state index contributed by atoms with van der Waals surface area (Å²) in [5, 5.41) is 147. The summed E-state index contributed by atoms with van der Waals surface area (Å²) >= 11 is 0. The Balaban J connectivity index is 2.33. The van der Waals surface area contributed by atoms with Crippen molar-refractivity contribution in [1.29, 1.82) is 0 Å². The maximum absolute atomic E-state index is 14.6. The van der Waals surface area contributed by atoms with Crippen molar-refractivity contribution in [2.45, 2.75) is 88.1 Å². The Bertz CT molecular complexity index is 1840. The van der Waals surface area contributed by atoms with Crippen molar-refractivity contribution >= 4 is 11.9 Å². The van der Waals surface area contributed by atoms with E-state index >= 15 is 0 Å². The van der Waals surface area contributed by atoms with Crippen LogP contribution in [0.5, 0.6) is 34.5 Å². The van der Waals surface area contributed by atoms with Crippen molar-refractivity contribution in [1.82, 2.24) is 20.0 Å². The molecule has 27 heteroatoms. The first-order valence-electron chi connectivity index (χ1n) is 15.8. The number of aliphatic hydroxyl groups is 8. The highest BCUT2D eigenvalue weighted by molar-refractivity contribution is 5.77. The zero-order chi connectivity index (χ0) is 44.5. The summed E-state index contributed by atoms with van der Waals surface area (Å²) in [5.41, 5.74) is -8.62. The number of nitrogens with zero attached hydrogens (tertiary/aromatic N) is 3. The molecule has 1 aliphatic heterocycles. The van der Waals surface area contributed by atoms with E-state index in [1.807, 2.05) is 0 Å². The molecule has 0 aromatic heterocycles. The van der Waals surface area contributed by atoms with E-state index in [2.05, 4.69) is 0 Å². The van der Waals surface area contributed by atoms with Gasteiger partial charge in [0, 0.05) is 37.7 Å². The smallest absolute Gasteiger partial charge is 0.423 e. The highest BCUT2D eigenvalue weighted by Crippen LogP contribution is 2.56.